The van der Waals surface area contributed by atoms with Gasteiger partial charge < -0.3 is 19.4 Å². The van der Waals surface area contributed by atoms with Crippen molar-refractivity contribution < 1.29 is 14.3 Å². The molecule has 2 heterocycles. The zero-order chi connectivity index (χ0) is 28.3. The second kappa shape index (κ2) is 12.1. The first-order valence-corrected chi connectivity index (χ1v) is 13.5. The van der Waals surface area contributed by atoms with E-state index in [-0.39, 0.29) is 18.3 Å². The fourth-order valence-corrected chi connectivity index (χ4v) is 5.06. The molecule has 0 aliphatic carbocycles. The number of halogens is 2. The summed E-state index contributed by atoms with van der Waals surface area (Å²) >= 11 is 12.7. The van der Waals surface area contributed by atoms with Gasteiger partial charge in [0.15, 0.2) is 5.69 Å². The molecule has 0 aliphatic heterocycles. The SMILES string of the molecule is CCOC(=O)c1nc(-c2ccccc2OC)n(C(C)C)c1C(Nc1cc(Cl)cnc1C)c1ccc(Cl)cc1C. The van der Waals surface area contributed by atoms with Crippen LogP contribution in [0.2, 0.25) is 10.0 Å². The summed E-state index contributed by atoms with van der Waals surface area (Å²) in [5.41, 5.74) is 4.97. The molecule has 0 spiro atoms. The number of rotatable bonds is 9. The van der Waals surface area contributed by atoms with Crippen LogP contribution in [-0.2, 0) is 4.74 Å². The van der Waals surface area contributed by atoms with E-state index in [2.05, 4.69) is 28.7 Å². The number of anilines is 1. The van der Waals surface area contributed by atoms with Crippen molar-refractivity contribution in [1.82, 2.24) is 14.5 Å². The molecule has 0 aliphatic rings. The number of ether oxygens (including phenoxy) is 2. The zero-order valence-corrected chi connectivity index (χ0v) is 24.4. The normalized spacial score (nSPS) is 11.9. The average Bonchev–Trinajstić information content (AvgIpc) is 3.30. The Balaban J connectivity index is 2.08. The van der Waals surface area contributed by atoms with Crippen LogP contribution in [0.15, 0.2) is 54.7 Å². The van der Waals surface area contributed by atoms with Crippen molar-refractivity contribution >= 4 is 34.9 Å². The lowest BCUT2D eigenvalue weighted by Gasteiger charge is -2.27. The standard InChI is InChI=1S/C30H32Cl2N4O3/c1-7-39-30(37)27-28(36(17(2)3)29(35-27)23-10-8-9-11-25(23)38-6)26(22-13-12-20(31)14-18(22)4)34-24-15-21(32)16-33-19(24)5/h8-17,26,34H,7H2,1-6H3. The number of hydrogen-bond acceptors (Lipinski definition) is 6. The first-order chi connectivity index (χ1) is 18.7. The van der Waals surface area contributed by atoms with Gasteiger partial charge in [0.05, 0.1) is 47.4 Å². The lowest BCUT2D eigenvalue weighted by atomic mass is 9.96. The summed E-state index contributed by atoms with van der Waals surface area (Å²) in [7, 11) is 1.62. The van der Waals surface area contributed by atoms with Gasteiger partial charge in [-0.25, -0.2) is 9.78 Å². The van der Waals surface area contributed by atoms with E-state index in [1.807, 2.05) is 62.4 Å². The molecule has 0 radical (unpaired) electrons. The maximum atomic E-state index is 13.5. The Morgan fingerprint density at radius 2 is 1.82 bits per heavy atom. The van der Waals surface area contributed by atoms with Gasteiger partial charge in [-0.05, 0) is 76.1 Å². The highest BCUT2D eigenvalue weighted by Crippen LogP contribution is 2.40. The lowest BCUT2D eigenvalue weighted by molar-refractivity contribution is 0.0518. The number of hydrogen-bond donors (Lipinski definition) is 1. The molecule has 0 bridgehead atoms. The van der Waals surface area contributed by atoms with Crippen molar-refractivity contribution in [2.24, 2.45) is 0 Å². The summed E-state index contributed by atoms with van der Waals surface area (Å²) in [6, 6.07) is 14.5. The minimum atomic E-state index is -0.529. The third-order valence-electron chi connectivity index (χ3n) is 6.45. The van der Waals surface area contributed by atoms with Gasteiger partial charge in [0.2, 0.25) is 0 Å². The van der Waals surface area contributed by atoms with Gasteiger partial charge in [-0.1, -0.05) is 41.4 Å². The summed E-state index contributed by atoms with van der Waals surface area (Å²) in [6.07, 6.45) is 1.60. The first-order valence-electron chi connectivity index (χ1n) is 12.7. The van der Waals surface area contributed by atoms with Gasteiger partial charge in [0, 0.05) is 17.3 Å². The second-order valence-corrected chi connectivity index (χ2v) is 10.3. The maximum absolute atomic E-state index is 13.5. The zero-order valence-electron chi connectivity index (χ0n) is 22.9. The molecule has 1 unspecified atom stereocenters. The Kier molecular flexibility index (Phi) is 8.83. The number of nitrogens with zero attached hydrogens (tertiary/aromatic N) is 3. The lowest BCUT2D eigenvalue weighted by Crippen LogP contribution is -2.23. The number of carbonyl (C=O) groups excluding carboxylic acids is 1. The number of para-hydroxylation sites is 1. The number of aromatic nitrogens is 3. The Hall–Kier alpha value is -3.55. The molecule has 39 heavy (non-hydrogen) atoms. The Bertz CT molecular complexity index is 1500. The number of carbonyl (C=O) groups is 1. The van der Waals surface area contributed by atoms with Crippen molar-refractivity contribution in [3.63, 3.8) is 0 Å². The summed E-state index contributed by atoms with van der Waals surface area (Å²) in [5.74, 6) is 0.732. The molecule has 204 valence electrons. The van der Waals surface area contributed by atoms with Crippen LogP contribution in [0, 0.1) is 13.8 Å². The van der Waals surface area contributed by atoms with Gasteiger partial charge in [0.25, 0.3) is 0 Å². The van der Waals surface area contributed by atoms with E-state index in [1.165, 1.54) is 0 Å². The van der Waals surface area contributed by atoms with Gasteiger partial charge in [0.1, 0.15) is 11.6 Å². The van der Waals surface area contributed by atoms with Crippen LogP contribution in [0.1, 0.15) is 65.9 Å². The molecule has 4 rings (SSSR count). The fourth-order valence-electron chi connectivity index (χ4n) is 4.68. The van der Waals surface area contributed by atoms with E-state index in [9.17, 15) is 4.79 Å². The highest BCUT2D eigenvalue weighted by molar-refractivity contribution is 6.31. The molecule has 2 aromatic carbocycles. The topological polar surface area (TPSA) is 78.3 Å². The predicted molar refractivity (Wildman–Crippen MR) is 156 cm³/mol. The summed E-state index contributed by atoms with van der Waals surface area (Å²) in [4.78, 5) is 22.8. The number of benzene rings is 2. The molecule has 4 aromatic rings. The van der Waals surface area contributed by atoms with Gasteiger partial charge in [-0.2, -0.15) is 0 Å². The fraction of sp³-hybridized carbons (Fsp3) is 0.300. The van der Waals surface area contributed by atoms with Crippen molar-refractivity contribution in [3.05, 3.63) is 93.0 Å². The van der Waals surface area contributed by atoms with Crippen LogP contribution in [-0.4, -0.2) is 34.2 Å². The van der Waals surface area contributed by atoms with E-state index in [0.717, 1.165) is 28.1 Å². The Morgan fingerprint density at radius 3 is 2.49 bits per heavy atom. The summed E-state index contributed by atoms with van der Waals surface area (Å²) in [6.45, 7) is 9.98. The van der Waals surface area contributed by atoms with Crippen molar-refractivity contribution in [1.29, 1.82) is 0 Å². The maximum Gasteiger partial charge on any atom is 0.358 e. The highest BCUT2D eigenvalue weighted by Gasteiger charge is 2.33. The largest absolute Gasteiger partial charge is 0.496 e. The summed E-state index contributed by atoms with van der Waals surface area (Å²) < 4.78 is 13.2. The number of esters is 1. The van der Waals surface area contributed by atoms with Gasteiger partial charge >= 0.3 is 5.97 Å². The van der Waals surface area contributed by atoms with E-state index < -0.39 is 12.0 Å². The van der Waals surface area contributed by atoms with E-state index >= 15 is 0 Å². The minimum absolute atomic E-state index is 0.0777. The first kappa shape index (κ1) is 28.5. The molecule has 0 saturated carbocycles. The number of methoxy groups -OCH3 is 1. The number of nitrogens with one attached hydrogen (secondary N) is 1. The van der Waals surface area contributed by atoms with Crippen LogP contribution in [0.5, 0.6) is 5.75 Å². The van der Waals surface area contributed by atoms with E-state index in [1.54, 1.807) is 20.2 Å². The Labute approximate surface area is 239 Å². The second-order valence-electron chi connectivity index (χ2n) is 9.42. The summed E-state index contributed by atoms with van der Waals surface area (Å²) in [5, 5.41) is 4.73. The number of imidazole rings is 1. The number of pyridine rings is 1. The van der Waals surface area contributed by atoms with Crippen LogP contribution in [0.4, 0.5) is 5.69 Å². The molecule has 0 saturated heterocycles. The monoisotopic (exact) mass is 566 g/mol. The van der Waals surface area contributed by atoms with Crippen molar-refractivity contribution in [2.45, 2.75) is 46.7 Å². The third kappa shape index (κ3) is 5.89. The van der Waals surface area contributed by atoms with Gasteiger partial charge in [-0.3, -0.25) is 4.98 Å². The van der Waals surface area contributed by atoms with Crippen LogP contribution < -0.4 is 10.1 Å². The molecule has 0 fully saturated rings. The molecule has 1 N–H and O–H groups in total. The molecule has 9 heteroatoms. The Morgan fingerprint density at radius 1 is 1.08 bits per heavy atom. The van der Waals surface area contributed by atoms with Crippen LogP contribution in [0.3, 0.4) is 0 Å². The highest BCUT2D eigenvalue weighted by atomic mass is 35.5. The molecule has 1 atom stereocenters. The number of aryl methyl sites for hydroxylation is 2. The van der Waals surface area contributed by atoms with Crippen molar-refractivity contribution in [2.75, 3.05) is 19.0 Å². The third-order valence-corrected chi connectivity index (χ3v) is 6.89. The van der Waals surface area contributed by atoms with E-state index in [4.69, 9.17) is 37.7 Å². The molecular weight excluding hydrogens is 535 g/mol. The molecule has 7 nitrogen and oxygen atoms in total. The smallest absolute Gasteiger partial charge is 0.358 e. The minimum Gasteiger partial charge on any atom is -0.496 e. The molecule has 0 amide bonds. The van der Waals surface area contributed by atoms with Gasteiger partial charge in [-0.15, -0.1) is 0 Å². The van der Waals surface area contributed by atoms with E-state index in [0.29, 0.717) is 27.3 Å². The van der Waals surface area contributed by atoms with Crippen LogP contribution >= 0.6 is 23.2 Å². The quantitative estimate of drug-likeness (QED) is 0.208. The molecular formula is C30H32Cl2N4O3. The van der Waals surface area contributed by atoms with Crippen LogP contribution in [0.25, 0.3) is 11.4 Å². The van der Waals surface area contributed by atoms with Crippen molar-refractivity contribution in [3.8, 4) is 17.1 Å². The molecule has 2 aromatic heterocycles. The average molecular weight is 568 g/mol. The predicted octanol–water partition coefficient (Wildman–Crippen LogP) is 7.84.